The first kappa shape index (κ1) is 27.3. The second-order valence-electron chi connectivity index (χ2n) is 12.3. The van der Waals surface area contributed by atoms with Gasteiger partial charge in [0, 0.05) is 48.8 Å². The van der Waals surface area contributed by atoms with Crippen LogP contribution in [0.2, 0.25) is 0 Å². The van der Waals surface area contributed by atoms with Crippen molar-refractivity contribution in [3.63, 3.8) is 0 Å². The Balaban J connectivity index is 1.21. The highest BCUT2D eigenvalue weighted by Gasteiger charge is 2.38. The van der Waals surface area contributed by atoms with Crippen LogP contribution in [-0.2, 0) is 0 Å². The minimum atomic E-state index is -0.425. The lowest BCUT2D eigenvalue weighted by atomic mass is 9.88. The van der Waals surface area contributed by atoms with Crippen molar-refractivity contribution in [1.29, 1.82) is 0 Å². The van der Waals surface area contributed by atoms with E-state index in [1.165, 1.54) is 30.6 Å². The van der Waals surface area contributed by atoms with E-state index in [0.717, 1.165) is 45.2 Å². The van der Waals surface area contributed by atoms with E-state index in [0.29, 0.717) is 5.84 Å². The molecule has 2 aliphatic heterocycles. The Kier molecular flexibility index (Phi) is 6.17. The summed E-state index contributed by atoms with van der Waals surface area (Å²) in [7, 11) is 0. The van der Waals surface area contributed by atoms with Crippen LogP contribution in [-0.4, -0.2) is 22.8 Å². The second-order valence-corrected chi connectivity index (χ2v) is 13.4. The topological polar surface area (TPSA) is 58.9 Å². The maximum Gasteiger partial charge on any atom is 0.169 e. The number of hydrogen-bond acceptors (Lipinski definition) is 6. The minimum absolute atomic E-state index is 0.00900. The highest BCUT2D eigenvalue weighted by atomic mass is 32.1. The summed E-state index contributed by atoms with van der Waals surface area (Å²) >= 11 is 1.81. The summed E-state index contributed by atoms with van der Waals surface area (Å²) < 4.78 is 9.29. The van der Waals surface area contributed by atoms with Crippen molar-refractivity contribution in [2.45, 2.75) is 18.2 Å². The zero-order valence-electron chi connectivity index (χ0n) is 25.7. The van der Waals surface area contributed by atoms with Gasteiger partial charge in [0.2, 0.25) is 0 Å². The number of nitrogens with one attached hydrogen (secondary N) is 1. The molecule has 0 radical (unpaired) electrons. The number of rotatable bonds is 4. The number of nitrogens with zero attached hydrogens (tertiary/aromatic N) is 3. The summed E-state index contributed by atoms with van der Waals surface area (Å²) in [6.07, 6.45) is 4.01. The van der Waals surface area contributed by atoms with Gasteiger partial charge in [-0.25, -0.2) is 15.0 Å². The van der Waals surface area contributed by atoms with Crippen LogP contribution in [0, 0.1) is 0 Å². The maximum absolute atomic E-state index is 6.82. The molecule has 0 saturated carbocycles. The van der Waals surface area contributed by atoms with Crippen molar-refractivity contribution in [2.24, 2.45) is 9.98 Å². The van der Waals surface area contributed by atoms with Gasteiger partial charge in [-0.3, -0.25) is 0 Å². The van der Waals surface area contributed by atoms with Crippen molar-refractivity contribution in [3.05, 3.63) is 166 Å². The quantitative estimate of drug-likeness (QED) is 0.215. The largest absolute Gasteiger partial charge is 0.485 e. The van der Waals surface area contributed by atoms with Gasteiger partial charge in [-0.05, 0) is 28.1 Å². The Morgan fingerprint density at radius 3 is 2.21 bits per heavy atom. The van der Waals surface area contributed by atoms with Crippen molar-refractivity contribution in [2.75, 3.05) is 0 Å². The molecule has 0 bridgehead atoms. The third-order valence-corrected chi connectivity index (χ3v) is 10.7. The average Bonchev–Trinajstić information content (AvgIpc) is 3.72. The van der Waals surface area contributed by atoms with E-state index in [1.54, 1.807) is 11.3 Å². The Bertz CT molecular complexity index is 2590. The highest BCUT2D eigenvalue weighted by Crippen LogP contribution is 2.46. The van der Waals surface area contributed by atoms with Gasteiger partial charge in [0.05, 0.1) is 5.69 Å². The van der Waals surface area contributed by atoms with E-state index in [2.05, 4.69) is 115 Å². The van der Waals surface area contributed by atoms with Crippen molar-refractivity contribution in [1.82, 2.24) is 10.3 Å². The first-order valence-electron chi connectivity index (χ1n) is 16.2. The number of benzene rings is 5. The van der Waals surface area contributed by atoms with Crippen molar-refractivity contribution >= 4 is 55.3 Å². The Labute approximate surface area is 280 Å². The maximum atomic E-state index is 6.82. The third-order valence-electron chi connectivity index (χ3n) is 9.46. The third kappa shape index (κ3) is 4.41. The fraction of sp³-hybridized carbons (Fsp3) is 0.0714. The summed E-state index contributed by atoms with van der Waals surface area (Å²) in [6.45, 7) is 0. The van der Waals surface area contributed by atoms with Gasteiger partial charge in [0.25, 0.3) is 0 Å². The molecule has 228 valence electrons. The second kappa shape index (κ2) is 10.9. The number of thiophene rings is 1. The van der Waals surface area contributed by atoms with Gasteiger partial charge in [-0.1, -0.05) is 127 Å². The fourth-order valence-corrected chi connectivity index (χ4v) is 8.42. The molecule has 3 unspecified atom stereocenters. The van der Waals surface area contributed by atoms with Crippen LogP contribution in [0.1, 0.15) is 34.5 Å². The summed E-state index contributed by atoms with van der Waals surface area (Å²) in [5.74, 6) is 2.29. The summed E-state index contributed by atoms with van der Waals surface area (Å²) in [6, 6.07) is 46.2. The molecule has 0 fully saturated rings. The van der Waals surface area contributed by atoms with E-state index in [9.17, 15) is 0 Å². The number of aliphatic imine (C=N–C) groups is 2. The SMILES string of the molecule is C1=c2ccccc2=CC2c3c(cc(-c4cccc5c4sc4ccccc45)nc3C3=NC(c4ccccc4)N=C(c4ccccc4)N3)OC12. The predicted molar refractivity (Wildman–Crippen MR) is 196 cm³/mol. The Morgan fingerprint density at radius 1 is 0.646 bits per heavy atom. The van der Waals surface area contributed by atoms with Gasteiger partial charge in [0.1, 0.15) is 23.4 Å². The number of ether oxygens (including phenoxy) is 1. The molecule has 0 saturated heterocycles. The monoisotopic (exact) mass is 636 g/mol. The van der Waals surface area contributed by atoms with E-state index in [1.807, 2.05) is 36.4 Å². The van der Waals surface area contributed by atoms with Crippen LogP contribution in [0.15, 0.2) is 143 Å². The Morgan fingerprint density at radius 2 is 1.35 bits per heavy atom. The van der Waals surface area contributed by atoms with Gasteiger partial charge in [0.15, 0.2) is 12.0 Å². The standard InChI is InChI=1S/C42H28N4OS/c1-3-12-25(13-4-1)40-44-41(26-14-5-2-6-15-26)46-42(45-40)38-37-32-22-27-16-7-8-17-28(27)23-34(32)47-35(37)24-33(43-38)31-20-11-19-30-29-18-9-10-21-36(29)48-39(30)31/h1-24,32,34,40H,(H,44,45,46). The molecule has 1 aliphatic carbocycles. The van der Waals surface area contributed by atoms with E-state index in [4.69, 9.17) is 19.7 Å². The molecule has 0 spiro atoms. The molecular weight excluding hydrogens is 609 g/mol. The first-order valence-corrected chi connectivity index (χ1v) is 17.0. The molecule has 6 heteroatoms. The van der Waals surface area contributed by atoms with E-state index in [-0.39, 0.29) is 12.0 Å². The molecule has 1 N–H and O–H groups in total. The number of aromatic nitrogens is 1. The molecule has 0 amide bonds. The molecule has 2 aromatic heterocycles. The lowest BCUT2D eigenvalue weighted by molar-refractivity contribution is 0.288. The van der Waals surface area contributed by atoms with Crippen LogP contribution >= 0.6 is 11.3 Å². The van der Waals surface area contributed by atoms with E-state index >= 15 is 0 Å². The average molecular weight is 637 g/mol. The molecule has 10 rings (SSSR count). The van der Waals surface area contributed by atoms with Crippen LogP contribution in [0.3, 0.4) is 0 Å². The molecule has 5 aromatic carbocycles. The zero-order valence-corrected chi connectivity index (χ0v) is 26.6. The summed E-state index contributed by atoms with van der Waals surface area (Å²) in [4.78, 5) is 15.9. The minimum Gasteiger partial charge on any atom is -0.485 e. The Hall–Kier alpha value is -5.85. The summed E-state index contributed by atoms with van der Waals surface area (Å²) in [5, 5.41) is 8.51. The van der Waals surface area contributed by atoms with Crippen LogP contribution in [0.5, 0.6) is 5.75 Å². The molecule has 7 aromatic rings. The fourth-order valence-electron chi connectivity index (χ4n) is 7.19. The smallest absolute Gasteiger partial charge is 0.169 e. The first-order chi connectivity index (χ1) is 23.8. The molecular formula is C42H28N4OS. The molecule has 48 heavy (non-hydrogen) atoms. The lowest BCUT2D eigenvalue weighted by Gasteiger charge is -2.24. The number of pyridine rings is 1. The van der Waals surface area contributed by atoms with Gasteiger partial charge >= 0.3 is 0 Å². The number of fused-ring (bicyclic) bond motifs is 7. The van der Waals surface area contributed by atoms with Crippen molar-refractivity contribution in [3.8, 4) is 17.0 Å². The molecule has 4 heterocycles. The van der Waals surface area contributed by atoms with Gasteiger partial charge in [-0.2, -0.15) is 0 Å². The predicted octanol–water partition coefficient (Wildman–Crippen LogP) is 7.73. The zero-order chi connectivity index (χ0) is 31.6. The molecule has 3 atom stereocenters. The van der Waals surface area contributed by atoms with Crippen LogP contribution in [0.25, 0.3) is 43.6 Å². The lowest BCUT2D eigenvalue weighted by Crippen LogP contribution is -2.38. The van der Waals surface area contributed by atoms with Crippen LogP contribution < -0.4 is 20.5 Å². The molecule has 5 nitrogen and oxygen atoms in total. The summed E-state index contributed by atoms with van der Waals surface area (Å²) in [5.41, 5.74) is 5.80. The molecule has 3 aliphatic rings. The van der Waals surface area contributed by atoms with E-state index < -0.39 is 6.17 Å². The highest BCUT2D eigenvalue weighted by molar-refractivity contribution is 7.26. The van der Waals surface area contributed by atoms with Gasteiger partial charge in [-0.15, -0.1) is 11.3 Å². The van der Waals surface area contributed by atoms with Crippen LogP contribution in [0.4, 0.5) is 0 Å². The van der Waals surface area contributed by atoms with Gasteiger partial charge < -0.3 is 10.1 Å². The van der Waals surface area contributed by atoms with Crippen molar-refractivity contribution < 1.29 is 4.74 Å². The number of amidine groups is 2. The number of hydrogen-bond donors (Lipinski definition) is 1. The normalized spacial score (nSPS) is 19.1.